The third-order valence-corrected chi connectivity index (χ3v) is 10.4. The summed E-state index contributed by atoms with van der Waals surface area (Å²) in [6.07, 6.45) is 8.14. The number of phenolic OH excluding ortho intramolecular Hbond substituents is 1. The molecule has 2 amide bonds. The van der Waals surface area contributed by atoms with Gasteiger partial charge in [-0.2, -0.15) is 0 Å². The van der Waals surface area contributed by atoms with Crippen LogP contribution >= 0.6 is 0 Å². The lowest BCUT2D eigenvalue weighted by Gasteiger charge is -2.63. The zero-order chi connectivity index (χ0) is 27.1. The monoisotopic (exact) mass is 535 g/mol. The van der Waals surface area contributed by atoms with E-state index in [4.69, 9.17) is 4.74 Å². The lowest BCUT2D eigenvalue weighted by molar-refractivity contribution is -0.169. The zero-order valence-electron chi connectivity index (χ0n) is 23.1. The van der Waals surface area contributed by atoms with Gasteiger partial charge in [0.15, 0.2) is 11.5 Å². The van der Waals surface area contributed by atoms with Crippen LogP contribution < -0.4 is 15.4 Å². The molecule has 1 aromatic carbocycles. The van der Waals surface area contributed by atoms with Crippen molar-refractivity contribution < 1.29 is 24.5 Å². The zero-order valence-corrected chi connectivity index (χ0v) is 23.1. The van der Waals surface area contributed by atoms with Gasteiger partial charge < -0.3 is 25.6 Å². The predicted molar refractivity (Wildman–Crippen MR) is 145 cm³/mol. The molecule has 2 saturated carbocycles. The van der Waals surface area contributed by atoms with E-state index in [0.29, 0.717) is 35.7 Å². The molecule has 2 bridgehead atoms. The summed E-state index contributed by atoms with van der Waals surface area (Å²) in [6, 6.07) is 3.39. The van der Waals surface area contributed by atoms with Crippen LogP contribution in [0.5, 0.6) is 11.5 Å². The highest BCUT2D eigenvalue weighted by Gasteiger charge is 2.73. The SMILES string of the molecule is CC(C)NC(=O)C1=C(C(=O)NC2CCCCC2)[C@@H]2Oc3c(O)ccc4c3[C@@]23CCN(CC2CC2)[C@H](C4)[C@]3(O)C1. The number of nitrogens with one attached hydrogen (secondary N) is 2. The summed E-state index contributed by atoms with van der Waals surface area (Å²) >= 11 is 0. The highest BCUT2D eigenvalue weighted by Crippen LogP contribution is 2.66. The molecule has 0 unspecified atom stereocenters. The minimum Gasteiger partial charge on any atom is -0.504 e. The molecule has 4 atom stereocenters. The molecule has 8 nitrogen and oxygen atoms in total. The normalized spacial score (nSPS) is 33.5. The van der Waals surface area contributed by atoms with Crippen molar-refractivity contribution in [3.8, 4) is 11.5 Å². The number of phenols is 1. The van der Waals surface area contributed by atoms with E-state index in [2.05, 4.69) is 15.5 Å². The summed E-state index contributed by atoms with van der Waals surface area (Å²) < 4.78 is 6.58. The molecule has 2 aliphatic heterocycles. The van der Waals surface area contributed by atoms with Crippen LogP contribution in [0, 0.1) is 5.92 Å². The maximum Gasteiger partial charge on any atom is 0.251 e. The first-order valence-electron chi connectivity index (χ1n) is 15.1. The van der Waals surface area contributed by atoms with Gasteiger partial charge in [0.2, 0.25) is 5.91 Å². The van der Waals surface area contributed by atoms with Crippen LogP contribution in [-0.4, -0.2) is 69.8 Å². The molecular weight excluding hydrogens is 494 g/mol. The van der Waals surface area contributed by atoms with Crippen LogP contribution in [0.2, 0.25) is 0 Å². The number of hydrogen-bond donors (Lipinski definition) is 4. The Labute approximate surface area is 230 Å². The summed E-state index contributed by atoms with van der Waals surface area (Å²) in [7, 11) is 0. The van der Waals surface area contributed by atoms with Gasteiger partial charge >= 0.3 is 0 Å². The summed E-state index contributed by atoms with van der Waals surface area (Å²) in [6.45, 7) is 5.54. The first-order valence-corrected chi connectivity index (χ1v) is 15.1. The van der Waals surface area contributed by atoms with Gasteiger partial charge in [0.1, 0.15) is 6.10 Å². The molecule has 3 fully saturated rings. The first-order chi connectivity index (χ1) is 18.7. The lowest BCUT2D eigenvalue weighted by atomic mass is 9.48. The molecule has 7 rings (SSSR count). The fourth-order valence-corrected chi connectivity index (χ4v) is 8.51. The van der Waals surface area contributed by atoms with E-state index in [0.717, 1.165) is 49.9 Å². The molecular formula is C31H41N3O5. The van der Waals surface area contributed by atoms with Gasteiger partial charge in [-0.05, 0) is 76.5 Å². The van der Waals surface area contributed by atoms with E-state index >= 15 is 0 Å². The fourth-order valence-electron chi connectivity index (χ4n) is 8.51. The molecule has 6 aliphatic rings. The van der Waals surface area contributed by atoms with Gasteiger partial charge in [-0.15, -0.1) is 0 Å². The number of benzene rings is 1. The summed E-state index contributed by atoms with van der Waals surface area (Å²) in [5.41, 5.74) is 0.400. The van der Waals surface area contributed by atoms with Crippen molar-refractivity contribution in [2.24, 2.45) is 5.92 Å². The average Bonchev–Trinajstić information content (AvgIpc) is 3.64. The van der Waals surface area contributed by atoms with E-state index in [-0.39, 0.29) is 42.1 Å². The van der Waals surface area contributed by atoms with Gasteiger partial charge in [0.25, 0.3) is 5.91 Å². The third-order valence-electron chi connectivity index (χ3n) is 10.4. The Morgan fingerprint density at radius 1 is 1.13 bits per heavy atom. The average molecular weight is 536 g/mol. The highest BCUT2D eigenvalue weighted by molar-refractivity contribution is 6.07. The smallest absolute Gasteiger partial charge is 0.251 e. The standard InChI is InChI=1S/C31H41N3O5/c1-17(2)32-28(36)21-15-31(38)23-14-19-10-11-22(35)26-25(19)30(31,12-13-34(23)16-18-8-9-18)27(39-26)24(21)29(37)33-20-6-4-3-5-7-20/h10-11,17-18,20,23,27,35,38H,3-9,12-16H2,1-2H3,(H,32,36)(H,33,37)/t23-,27+,30+,31-/m1/s1. The Morgan fingerprint density at radius 2 is 1.90 bits per heavy atom. The number of hydrogen-bond acceptors (Lipinski definition) is 6. The number of ether oxygens (including phenoxy) is 1. The number of aliphatic hydroxyl groups is 1. The van der Waals surface area contributed by atoms with Crippen LogP contribution in [0.25, 0.3) is 0 Å². The van der Waals surface area contributed by atoms with Crippen molar-refractivity contribution >= 4 is 11.8 Å². The van der Waals surface area contributed by atoms with Crippen molar-refractivity contribution in [1.29, 1.82) is 0 Å². The maximum absolute atomic E-state index is 14.2. The van der Waals surface area contributed by atoms with Gasteiger partial charge in [0.05, 0.1) is 16.6 Å². The quantitative estimate of drug-likeness (QED) is 0.446. The fraction of sp³-hybridized carbons (Fsp3) is 0.677. The predicted octanol–water partition coefficient (Wildman–Crippen LogP) is 2.84. The number of aromatic hydroxyl groups is 1. The molecule has 4 N–H and O–H groups in total. The maximum atomic E-state index is 14.2. The molecule has 1 saturated heterocycles. The molecule has 0 radical (unpaired) electrons. The van der Waals surface area contributed by atoms with Crippen LogP contribution in [0.15, 0.2) is 23.3 Å². The molecule has 8 heteroatoms. The van der Waals surface area contributed by atoms with Crippen molar-refractivity contribution in [2.45, 2.75) is 113 Å². The third kappa shape index (κ3) is 3.70. The highest BCUT2D eigenvalue weighted by atomic mass is 16.5. The first kappa shape index (κ1) is 25.4. The van der Waals surface area contributed by atoms with Crippen LogP contribution in [0.4, 0.5) is 0 Å². The summed E-state index contributed by atoms with van der Waals surface area (Å²) in [5, 5.41) is 30.1. The van der Waals surface area contributed by atoms with Gasteiger partial charge in [-0.25, -0.2) is 0 Å². The number of carbonyl (C=O) groups excluding carboxylic acids is 2. The van der Waals surface area contributed by atoms with Crippen LogP contribution in [0.1, 0.15) is 82.8 Å². The summed E-state index contributed by atoms with van der Waals surface area (Å²) in [5.74, 6) is 0.476. The number of amides is 2. The van der Waals surface area contributed by atoms with Crippen molar-refractivity contribution in [3.63, 3.8) is 0 Å². The lowest BCUT2D eigenvalue weighted by Crippen LogP contribution is -2.76. The molecule has 39 heavy (non-hydrogen) atoms. The molecule has 2 heterocycles. The number of carbonyl (C=O) groups is 2. The van der Waals surface area contributed by atoms with Crippen LogP contribution in [-0.2, 0) is 21.4 Å². The molecule has 1 aromatic rings. The van der Waals surface area contributed by atoms with Gasteiger partial charge in [-0.1, -0.05) is 25.3 Å². The number of nitrogens with zero attached hydrogens (tertiary/aromatic N) is 1. The molecule has 210 valence electrons. The Bertz CT molecular complexity index is 1250. The Hall–Kier alpha value is -2.58. The summed E-state index contributed by atoms with van der Waals surface area (Å²) in [4.78, 5) is 30.4. The minimum absolute atomic E-state index is 0.0268. The van der Waals surface area contributed by atoms with E-state index in [9.17, 15) is 19.8 Å². The largest absolute Gasteiger partial charge is 0.504 e. The molecule has 4 aliphatic carbocycles. The second kappa shape index (κ2) is 8.96. The topological polar surface area (TPSA) is 111 Å². The number of piperidine rings is 1. The van der Waals surface area contributed by atoms with Crippen molar-refractivity contribution in [1.82, 2.24) is 15.5 Å². The van der Waals surface area contributed by atoms with E-state index in [1.165, 1.54) is 19.3 Å². The van der Waals surface area contributed by atoms with Crippen molar-refractivity contribution in [2.75, 3.05) is 13.1 Å². The Kier molecular flexibility index (Phi) is 5.84. The van der Waals surface area contributed by atoms with Gasteiger partial charge in [0, 0.05) is 42.2 Å². The Balaban J connectivity index is 1.39. The van der Waals surface area contributed by atoms with E-state index in [1.807, 2.05) is 19.9 Å². The van der Waals surface area contributed by atoms with E-state index in [1.54, 1.807) is 6.07 Å². The molecule has 1 spiro atoms. The second-order valence-electron chi connectivity index (χ2n) is 13.3. The van der Waals surface area contributed by atoms with Crippen LogP contribution in [0.3, 0.4) is 0 Å². The Morgan fingerprint density at radius 3 is 2.62 bits per heavy atom. The second-order valence-corrected chi connectivity index (χ2v) is 13.3. The van der Waals surface area contributed by atoms with Crippen molar-refractivity contribution in [3.05, 3.63) is 34.4 Å². The van der Waals surface area contributed by atoms with E-state index < -0.39 is 17.1 Å². The number of rotatable bonds is 6. The minimum atomic E-state index is -1.30. The molecule has 0 aromatic heterocycles. The number of likely N-dealkylation sites (tertiary alicyclic amines) is 1. The van der Waals surface area contributed by atoms with Gasteiger partial charge in [-0.3, -0.25) is 14.5 Å².